The first kappa shape index (κ1) is 46.7. The van der Waals surface area contributed by atoms with Crippen LogP contribution in [0.5, 0.6) is 0 Å². The number of hydrogen-bond acceptors (Lipinski definition) is 8. The van der Waals surface area contributed by atoms with Crippen LogP contribution in [0.15, 0.2) is 24.3 Å². The number of nitrogens with one attached hydrogen (secondary N) is 1. The molecule has 9 heteroatoms. The molecule has 2 unspecified atom stereocenters. The van der Waals surface area contributed by atoms with Crippen LogP contribution in [-0.2, 0) is 14.3 Å². The van der Waals surface area contributed by atoms with E-state index < -0.39 is 49.5 Å². The van der Waals surface area contributed by atoms with Crippen LogP contribution >= 0.6 is 0 Å². The molecule has 0 bridgehead atoms. The van der Waals surface area contributed by atoms with E-state index in [2.05, 4.69) is 31.3 Å². The molecular weight excluding hydrogens is 634 g/mol. The van der Waals surface area contributed by atoms with E-state index in [0.29, 0.717) is 6.42 Å². The zero-order chi connectivity index (χ0) is 36.7. The predicted octanol–water partition coefficient (Wildman–Crippen LogP) is 7.55. The van der Waals surface area contributed by atoms with E-state index in [4.69, 9.17) is 9.47 Å². The third-order valence-electron chi connectivity index (χ3n) is 9.78. The quantitative estimate of drug-likeness (QED) is 0.0302. The highest BCUT2D eigenvalue weighted by Gasteiger charge is 2.44. The van der Waals surface area contributed by atoms with Crippen molar-refractivity contribution in [2.45, 2.75) is 217 Å². The highest BCUT2D eigenvalue weighted by Crippen LogP contribution is 2.22. The maximum absolute atomic E-state index is 12.9. The van der Waals surface area contributed by atoms with Crippen LogP contribution in [0.25, 0.3) is 0 Å². The maximum Gasteiger partial charge on any atom is 0.220 e. The smallest absolute Gasteiger partial charge is 0.220 e. The summed E-state index contributed by atoms with van der Waals surface area (Å²) < 4.78 is 11.2. The summed E-state index contributed by atoms with van der Waals surface area (Å²) in [5, 5.41) is 53.9. The van der Waals surface area contributed by atoms with Crippen molar-refractivity contribution in [2.75, 3.05) is 13.2 Å². The second kappa shape index (κ2) is 32.3. The molecule has 1 saturated heterocycles. The molecule has 0 spiro atoms. The molecule has 1 fully saturated rings. The van der Waals surface area contributed by atoms with E-state index >= 15 is 0 Å². The first-order chi connectivity index (χ1) is 24.3. The van der Waals surface area contributed by atoms with Gasteiger partial charge in [-0.25, -0.2) is 0 Å². The van der Waals surface area contributed by atoms with Gasteiger partial charge in [0.1, 0.15) is 24.4 Å². The normalized spacial score (nSPS) is 22.4. The molecule has 9 nitrogen and oxygen atoms in total. The van der Waals surface area contributed by atoms with Crippen LogP contribution in [-0.4, -0.2) is 87.5 Å². The highest BCUT2D eigenvalue weighted by molar-refractivity contribution is 5.76. The molecule has 50 heavy (non-hydrogen) atoms. The van der Waals surface area contributed by atoms with Crippen molar-refractivity contribution in [3.05, 3.63) is 24.3 Å². The fourth-order valence-electron chi connectivity index (χ4n) is 6.41. The number of rotatable bonds is 33. The van der Waals surface area contributed by atoms with Crippen LogP contribution in [0, 0.1) is 0 Å². The number of carbonyl (C=O) groups excluding carboxylic acids is 1. The van der Waals surface area contributed by atoms with Gasteiger partial charge < -0.3 is 40.3 Å². The van der Waals surface area contributed by atoms with Crippen molar-refractivity contribution < 1.29 is 39.8 Å². The Morgan fingerprint density at radius 2 is 1.14 bits per heavy atom. The molecular formula is C41H77NO8. The van der Waals surface area contributed by atoms with Crippen LogP contribution in [0.2, 0.25) is 0 Å². The molecule has 1 heterocycles. The third kappa shape index (κ3) is 23.3. The summed E-state index contributed by atoms with van der Waals surface area (Å²) in [6.45, 7) is 3.72. The van der Waals surface area contributed by atoms with Crippen molar-refractivity contribution in [1.82, 2.24) is 5.32 Å². The first-order valence-corrected chi connectivity index (χ1v) is 20.6. The number of amides is 1. The predicted molar refractivity (Wildman–Crippen MR) is 203 cm³/mol. The SMILES string of the molecule is CCCCCCCC/C=C/CC/C=C/[C@@H](O)[C@H](CO[C@H]1O[C@@H](CO)[C@H](O)C(O)C1O)NC(=O)CCCCCCCCCCCCCCCCC. The summed E-state index contributed by atoms with van der Waals surface area (Å²) in [4.78, 5) is 12.9. The summed E-state index contributed by atoms with van der Waals surface area (Å²) in [5.41, 5.74) is 0. The number of carbonyl (C=O) groups is 1. The number of unbranched alkanes of at least 4 members (excludes halogenated alkanes) is 21. The molecule has 0 aromatic heterocycles. The van der Waals surface area contributed by atoms with Gasteiger partial charge in [-0.15, -0.1) is 0 Å². The molecule has 0 aromatic carbocycles. The van der Waals surface area contributed by atoms with E-state index in [1.807, 2.05) is 6.08 Å². The topological polar surface area (TPSA) is 149 Å². The Labute approximate surface area is 305 Å². The molecule has 294 valence electrons. The van der Waals surface area contributed by atoms with Gasteiger partial charge in [0.05, 0.1) is 25.4 Å². The van der Waals surface area contributed by atoms with E-state index in [0.717, 1.165) is 38.5 Å². The fraction of sp³-hybridized carbons (Fsp3) is 0.878. The third-order valence-corrected chi connectivity index (χ3v) is 9.78. The van der Waals surface area contributed by atoms with Crippen molar-refractivity contribution in [3.63, 3.8) is 0 Å². The van der Waals surface area contributed by atoms with Crippen LogP contribution in [0.4, 0.5) is 0 Å². The minimum atomic E-state index is -1.57. The lowest BCUT2D eigenvalue weighted by Gasteiger charge is -2.40. The van der Waals surface area contributed by atoms with Gasteiger partial charge in [0, 0.05) is 6.42 Å². The van der Waals surface area contributed by atoms with E-state index in [1.165, 1.54) is 116 Å². The highest BCUT2D eigenvalue weighted by atomic mass is 16.7. The largest absolute Gasteiger partial charge is 0.394 e. The van der Waals surface area contributed by atoms with Gasteiger partial charge in [-0.2, -0.15) is 0 Å². The van der Waals surface area contributed by atoms with Crippen LogP contribution in [0.1, 0.15) is 174 Å². The lowest BCUT2D eigenvalue weighted by molar-refractivity contribution is -0.302. The molecule has 7 atom stereocenters. The van der Waals surface area contributed by atoms with Gasteiger partial charge in [-0.3, -0.25) is 4.79 Å². The Balaban J connectivity index is 2.43. The summed E-state index contributed by atoms with van der Waals surface area (Å²) >= 11 is 0. The number of aliphatic hydroxyl groups is 5. The van der Waals surface area contributed by atoms with Crippen LogP contribution in [0.3, 0.4) is 0 Å². The average molecular weight is 712 g/mol. The van der Waals surface area contributed by atoms with Crippen molar-refractivity contribution >= 4 is 5.91 Å². The maximum atomic E-state index is 12.9. The second-order valence-corrected chi connectivity index (χ2v) is 14.4. The Bertz CT molecular complexity index is 837. The lowest BCUT2D eigenvalue weighted by Crippen LogP contribution is -2.60. The fourth-order valence-corrected chi connectivity index (χ4v) is 6.41. The molecule has 1 amide bonds. The number of aliphatic hydroxyl groups excluding tert-OH is 5. The number of allylic oxidation sites excluding steroid dienone is 3. The molecule has 1 rings (SSSR count). The lowest BCUT2D eigenvalue weighted by atomic mass is 9.99. The van der Waals surface area contributed by atoms with Crippen molar-refractivity contribution in [2.24, 2.45) is 0 Å². The van der Waals surface area contributed by atoms with Crippen LogP contribution < -0.4 is 5.32 Å². The Morgan fingerprint density at radius 1 is 0.660 bits per heavy atom. The van der Waals surface area contributed by atoms with Gasteiger partial charge in [0.2, 0.25) is 5.91 Å². The zero-order valence-electron chi connectivity index (χ0n) is 31.9. The number of ether oxygens (including phenoxy) is 2. The van der Waals surface area contributed by atoms with Gasteiger partial charge in [-0.1, -0.05) is 160 Å². The summed E-state index contributed by atoms with van der Waals surface area (Å²) in [7, 11) is 0. The summed E-state index contributed by atoms with van der Waals surface area (Å²) in [6, 6.07) is -0.814. The van der Waals surface area contributed by atoms with Gasteiger partial charge in [0.25, 0.3) is 0 Å². The first-order valence-electron chi connectivity index (χ1n) is 20.6. The molecule has 6 N–H and O–H groups in total. The van der Waals surface area contributed by atoms with Crippen molar-refractivity contribution in [3.8, 4) is 0 Å². The molecule has 0 saturated carbocycles. The van der Waals surface area contributed by atoms with Gasteiger partial charge in [0.15, 0.2) is 6.29 Å². The molecule has 1 aliphatic heterocycles. The number of hydrogen-bond donors (Lipinski definition) is 6. The second-order valence-electron chi connectivity index (χ2n) is 14.4. The minimum Gasteiger partial charge on any atom is -0.394 e. The molecule has 1 aliphatic rings. The summed E-state index contributed by atoms with van der Waals surface area (Å²) in [5.74, 6) is -0.188. The average Bonchev–Trinajstić information content (AvgIpc) is 3.11. The Morgan fingerprint density at radius 3 is 1.68 bits per heavy atom. The summed E-state index contributed by atoms with van der Waals surface area (Å²) in [6.07, 6.45) is 29.3. The molecule has 0 aromatic rings. The monoisotopic (exact) mass is 712 g/mol. The van der Waals surface area contributed by atoms with E-state index in [9.17, 15) is 30.3 Å². The zero-order valence-corrected chi connectivity index (χ0v) is 31.9. The molecule has 0 aliphatic carbocycles. The van der Waals surface area contributed by atoms with Gasteiger partial charge >= 0.3 is 0 Å². The molecule has 0 radical (unpaired) electrons. The van der Waals surface area contributed by atoms with E-state index in [-0.39, 0.29) is 12.5 Å². The Kier molecular flexibility index (Phi) is 30.2. The van der Waals surface area contributed by atoms with E-state index in [1.54, 1.807) is 6.08 Å². The van der Waals surface area contributed by atoms with Gasteiger partial charge in [-0.05, 0) is 32.1 Å². The minimum absolute atomic E-state index is 0.188. The van der Waals surface area contributed by atoms with Crippen molar-refractivity contribution in [1.29, 1.82) is 0 Å². The Hall–Kier alpha value is -1.33. The standard InChI is InChI=1S/C41H77NO8/c1-3-5-7-9-11-13-15-17-18-19-21-23-25-27-29-31-37(45)42-34(33-49-41-40(48)39(47)38(46)36(32-43)50-41)35(44)30-28-26-24-22-20-16-14-12-10-8-6-4-2/h20,22,28,30,34-36,38-41,43-44,46-48H,3-19,21,23-27,29,31-33H2,1-2H3,(H,42,45)/b22-20+,30-28+/t34-,35+,36-,38-,39?,40?,41-/m0/s1.